The molecule has 5 N–H and O–H groups in total. The Kier molecular flexibility index (Phi) is 6.14. The second-order valence-corrected chi connectivity index (χ2v) is 4.92. The van der Waals surface area contributed by atoms with Gasteiger partial charge in [0.2, 0.25) is 0 Å². The van der Waals surface area contributed by atoms with Gasteiger partial charge in [-0.3, -0.25) is 10.2 Å². The van der Waals surface area contributed by atoms with Crippen molar-refractivity contribution >= 4 is 33.6 Å². The average molecular weight is 294 g/mol. The van der Waals surface area contributed by atoms with Gasteiger partial charge in [0.25, 0.3) is 0 Å². The molecule has 0 atom stereocenters. The molecule has 0 aliphatic rings. The van der Waals surface area contributed by atoms with E-state index in [1.807, 2.05) is 0 Å². The molecule has 0 aliphatic carbocycles. The Morgan fingerprint density at radius 3 is 2.00 bits per heavy atom. The molecule has 9 heteroatoms. The molecule has 0 saturated heterocycles. The number of rotatable bonds is 2. The van der Waals surface area contributed by atoms with E-state index in [9.17, 15) is 13.2 Å². The molecular weight excluding hydrogens is 282 g/mol. The van der Waals surface area contributed by atoms with Gasteiger partial charge in [-0.2, -0.15) is 8.42 Å². The summed E-state index contributed by atoms with van der Waals surface area (Å²) in [6, 6.07) is 5.33. The average Bonchev–Trinajstić information content (AvgIpc) is 2.15. The van der Waals surface area contributed by atoms with Gasteiger partial charge in [0.15, 0.2) is 5.96 Å². The highest BCUT2D eigenvalue weighted by Gasteiger charge is 2.17. The van der Waals surface area contributed by atoms with Crippen LogP contribution in [0.4, 0.5) is 0 Å². The molecule has 0 aromatic heterocycles. The summed E-state index contributed by atoms with van der Waals surface area (Å²) in [5, 5.41) is 6.46. The number of hydrogen-bond donors (Lipinski definition) is 3. The maximum absolute atomic E-state index is 11.3. The maximum Gasteiger partial charge on any atom is 0.341 e. The van der Waals surface area contributed by atoms with E-state index in [1.54, 1.807) is 0 Å². The van der Waals surface area contributed by atoms with Gasteiger partial charge in [-0.15, -0.1) is 0 Å². The van der Waals surface area contributed by atoms with Crippen molar-refractivity contribution in [1.29, 1.82) is 5.41 Å². The quantitative estimate of drug-likeness (QED) is 0.411. The fourth-order valence-corrected chi connectivity index (χ4v) is 1.80. The van der Waals surface area contributed by atoms with E-state index in [4.69, 9.17) is 17.0 Å². The third kappa shape index (κ3) is 6.71. The van der Waals surface area contributed by atoms with E-state index in [0.29, 0.717) is 5.02 Å². The summed E-state index contributed by atoms with van der Waals surface area (Å²) in [5.74, 6) is -1.21. The highest BCUT2D eigenvalue weighted by Crippen LogP contribution is 2.15. The minimum Gasteiger partial charge on any atom is -0.370 e. The highest BCUT2D eigenvalue weighted by atomic mass is 35.5. The maximum atomic E-state index is 11.3. The monoisotopic (exact) mass is 293 g/mol. The molecule has 1 aromatic rings. The van der Waals surface area contributed by atoms with Gasteiger partial charge >= 0.3 is 16.1 Å². The summed E-state index contributed by atoms with van der Waals surface area (Å²) in [5.41, 5.74) is 8.94. The van der Waals surface area contributed by atoms with E-state index >= 15 is 0 Å². The zero-order valence-corrected chi connectivity index (χ0v) is 11.0. The lowest BCUT2D eigenvalue weighted by Gasteiger charge is -2.02. The Bertz CT molecular complexity index is 523. The van der Waals surface area contributed by atoms with Crippen molar-refractivity contribution in [1.82, 2.24) is 0 Å². The molecule has 7 nitrogen and oxygen atoms in total. The molecule has 0 amide bonds. The molecule has 0 spiro atoms. The zero-order chi connectivity index (χ0) is 14.3. The molecule has 100 valence electrons. The van der Waals surface area contributed by atoms with Gasteiger partial charge in [0, 0.05) is 11.9 Å². The van der Waals surface area contributed by atoms with Gasteiger partial charge in [-0.25, -0.2) is 0 Å². The molecule has 0 unspecified atom stereocenters. The number of carbonyl (C=O) groups excluding carboxylic acids is 1. The predicted octanol–water partition coefficient (Wildman–Crippen LogP) is 0.430. The third-order valence-corrected chi connectivity index (χ3v) is 2.88. The first-order chi connectivity index (χ1) is 8.15. The fraction of sp³-hybridized carbons (Fsp3) is 0.111. The molecule has 18 heavy (non-hydrogen) atoms. The molecule has 0 heterocycles. The van der Waals surface area contributed by atoms with Gasteiger partial charge < -0.3 is 15.7 Å². The molecule has 0 saturated carbocycles. The predicted molar refractivity (Wildman–Crippen MR) is 66.5 cm³/mol. The summed E-state index contributed by atoms with van der Waals surface area (Å²) in [6.07, 6.45) is 0. The van der Waals surface area contributed by atoms with Crippen LogP contribution in [0.5, 0.6) is 0 Å². The van der Waals surface area contributed by atoms with Crippen molar-refractivity contribution in [3.05, 3.63) is 29.3 Å². The van der Waals surface area contributed by atoms with Crippen LogP contribution in [-0.4, -0.2) is 20.3 Å². The Morgan fingerprint density at radius 2 is 1.67 bits per heavy atom. The molecular formula is C9H12ClN3O4S. The number of hydrogen-bond acceptors (Lipinski definition) is 5. The van der Waals surface area contributed by atoms with Gasteiger partial charge in [0.1, 0.15) is 4.90 Å². The highest BCUT2D eigenvalue weighted by molar-refractivity contribution is 7.87. The van der Waals surface area contributed by atoms with Crippen LogP contribution in [-0.2, 0) is 19.1 Å². The van der Waals surface area contributed by atoms with Crippen LogP contribution in [0, 0.1) is 5.41 Å². The molecule has 1 rings (SSSR count). The van der Waals surface area contributed by atoms with Crippen LogP contribution in [0.25, 0.3) is 0 Å². The molecule has 1 aromatic carbocycles. The lowest BCUT2D eigenvalue weighted by molar-refractivity contribution is -0.131. The van der Waals surface area contributed by atoms with Crippen LogP contribution < -0.4 is 11.5 Å². The second kappa shape index (κ2) is 6.82. The number of nitrogens with one attached hydrogen (secondary N) is 1. The zero-order valence-electron chi connectivity index (χ0n) is 9.38. The Morgan fingerprint density at radius 1 is 1.28 bits per heavy atom. The van der Waals surface area contributed by atoms with E-state index < -0.39 is 16.1 Å². The molecule has 0 aliphatic heterocycles. The van der Waals surface area contributed by atoms with Crippen LogP contribution >= 0.6 is 11.6 Å². The number of carbonyl (C=O) groups is 1. The second-order valence-electron chi connectivity index (χ2n) is 2.94. The lowest BCUT2D eigenvalue weighted by Crippen LogP contribution is -2.20. The van der Waals surface area contributed by atoms with E-state index in [1.165, 1.54) is 24.3 Å². The van der Waals surface area contributed by atoms with E-state index in [2.05, 4.69) is 15.7 Å². The Hall–Kier alpha value is -1.80. The normalized spacial score (nSPS) is 9.89. The summed E-state index contributed by atoms with van der Waals surface area (Å²) in [6.45, 7) is 1.02. The summed E-state index contributed by atoms with van der Waals surface area (Å²) >= 11 is 5.56. The van der Waals surface area contributed by atoms with E-state index in [-0.39, 0.29) is 10.9 Å². The van der Waals surface area contributed by atoms with Crippen LogP contribution in [0.1, 0.15) is 6.92 Å². The lowest BCUT2D eigenvalue weighted by atomic mass is 10.4. The van der Waals surface area contributed by atoms with Gasteiger partial charge in [0.05, 0.1) is 0 Å². The molecule has 0 bridgehead atoms. The largest absolute Gasteiger partial charge is 0.370 e. The van der Waals surface area contributed by atoms with Crippen molar-refractivity contribution in [2.24, 2.45) is 11.5 Å². The first-order valence-corrected chi connectivity index (χ1v) is 6.24. The Labute approximate surface area is 109 Å². The fourth-order valence-electron chi connectivity index (χ4n) is 0.804. The summed E-state index contributed by atoms with van der Waals surface area (Å²) in [7, 11) is -3.98. The Balaban J connectivity index is 0.000000631. The standard InChI is InChI=1S/C8H7ClO4S.CH5N3/c1-6(10)13-14(11,12)8-4-2-7(9)3-5-8;2-1(3)4/h2-5H,1H3;(H5,2,3,4). The van der Waals surface area contributed by atoms with Crippen LogP contribution in [0.3, 0.4) is 0 Å². The molecule has 0 fully saturated rings. The van der Waals surface area contributed by atoms with Gasteiger partial charge in [-0.05, 0) is 24.3 Å². The molecule has 0 radical (unpaired) electrons. The van der Waals surface area contributed by atoms with Crippen LogP contribution in [0.15, 0.2) is 29.2 Å². The van der Waals surface area contributed by atoms with Crippen LogP contribution in [0.2, 0.25) is 5.02 Å². The first-order valence-electron chi connectivity index (χ1n) is 4.45. The van der Waals surface area contributed by atoms with Crippen molar-refractivity contribution in [3.8, 4) is 0 Å². The van der Waals surface area contributed by atoms with Gasteiger partial charge in [-0.1, -0.05) is 11.6 Å². The number of guanidine groups is 1. The minimum atomic E-state index is -3.98. The SMILES string of the molecule is CC(=O)OS(=O)(=O)c1ccc(Cl)cc1.N=C(N)N. The first kappa shape index (κ1) is 16.2. The van der Waals surface area contributed by atoms with Crippen molar-refractivity contribution < 1.29 is 17.4 Å². The van der Waals surface area contributed by atoms with E-state index in [0.717, 1.165) is 6.92 Å². The minimum absolute atomic E-state index is 0.0999. The summed E-state index contributed by atoms with van der Waals surface area (Å²) in [4.78, 5) is 10.4. The number of nitrogens with two attached hydrogens (primary N) is 2. The number of benzene rings is 1. The van der Waals surface area contributed by atoms with Crippen molar-refractivity contribution in [2.45, 2.75) is 11.8 Å². The number of halogens is 1. The van der Waals surface area contributed by atoms with Crippen molar-refractivity contribution in [2.75, 3.05) is 0 Å². The van der Waals surface area contributed by atoms with Crippen molar-refractivity contribution in [3.63, 3.8) is 0 Å². The topological polar surface area (TPSA) is 136 Å². The summed E-state index contributed by atoms with van der Waals surface area (Å²) < 4.78 is 26.7. The smallest absolute Gasteiger partial charge is 0.341 e. The third-order valence-electron chi connectivity index (χ3n) is 1.33.